The van der Waals surface area contributed by atoms with Gasteiger partial charge in [-0.25, -0.2) is 9.18 Å². The van der Waals surface area contributed by atoms with E-state index in [9.17, 15) is 9.18 Å². The van der Waals surface area contributed by atoms with Crippen molar-refractivity contribution in [2.75, 3.05) is 6.54 Å². The Morgan fingerprint density at radius 2 is 1.90 bits per heavy atom. The largest absolute Gasteiger partial charge is 0.444 e. The first-order chi connectivity index (χ1) is 9.19. The maximum atomic E-state index is 13.0. The van der Waals surface area contributed by atoms with Gasteiger partial charge in [0, 0.05) is 0 Å². The van der Waals surface area contributed by atoms with Gasteiger partial charge in [0.15, 0.2) is 0 Å². The Balaban J connectivity index is 2.62. The van der Waals surface area contributed by atoms with Crippen LogP contribution in [0.2, 0.25) is 10.0 Å². The monoisotopic (exact) mass is 317 g/mol. The Kier molecular flexibility index (Phi) is 5.67. The van der Waals surface area contributed by atoms with Crippen molar-refractivity contribution < 1.29 is 13.9 Å². The molecule has 1 amide bonds. The maximum Gasteiger partial charge on any atom is 0.408 e. The zero-order valence-electron chi connectivity index (χ0n) is 11.3. The number of hydrogen-bond donors (Lipinski definition) is 1. The predicted octanol–water partition coefficient (Wildman–Crippen LogP) is 4.01. The minimum atomic E-state index is -0.568. The van der Waals surface area contributed by atoms with Crippen LogP contribution in [0.1, 0.15) is 26.3 Å². The number of ether oxygens (including phenoxy) is 1. The third-order valence-electron chi connectivity index (χ3n) is 1.94. The molecule has 0 aliphatic rings. The van der Waals surface area contributed by atoms with Crippen molar-refractivity contribution in [3.05, 3.63) is 33.6 Å². The molecule has 1 aromatic rings. The summed E-state index contributed by atoms with van der Waals surface area (Å²) in [5, 5.41) is 2.71. The minimum absolute atomic E-state index is 0.0684. The molecule has 0 spiro atoms. The Morgan fingerprint density at radius 3 is 2.40 bits per heavy atom. The van der Waals surface area contributed by atoms with Crippen LogP contribution < -0.4 is 5.32 Å². The smallest absolute Gasteiger partial charge is 0.408 e. The normalized spacial score (nSPS) is 10.5. The van der Waals surface area contributed by atoms with Crippen LogP contribution in [0.25, 0.3) is 0 Å². The Hall–Kier alpha value is -1.44. The van der Waals surface area contributed by atoms with E-state index in [1.54, 1.807) is 20.8 Å². The van der Waals surface area contributed by atoms with Gasteiger partial charge in [-0.3, -0.25) is 0 Å². The van der Waals surface area contributed by atoms with Crippen molar-refractivity contribution >= 4 is 29.3 Å². The van der Waals surface area contributed by atoms with Crippen LogP contribution >= 0.6 is 23.2 Å². The van der Waals surface area contributed by atoms with Gasteiger partial charge in [-0.1, -0.05) is 35.0 Å². The molecular weight excluding hydrogens is 304 g/mol. The summed E-state index contributed by atoms with van der Waals surface area (Å²) in [5.41, 5.74) is -0.248. The number of halogens is 3. The summed E-state index contributed by atoms with van der Waals surface area (Å²) < 4.78 is 18.0. The van der Waals surface area contributed by atoms with Crippen molar-refractivity contribution in [1.29, 1.82) is 0 Å². The molecule has 0 fully saturated rings. The average molecular weight is 318 g/mol. The first kappa shape index (κ1) is 16.6. The standard InChI is InChI=1S/C14H14Cl2FNO2/c1-14(2,3)20-13(19)18-6-4-5-10-11(15)7-9(17)8-12(10)16/h7-8H,6H2,1-3H3,(H,18,19). The molecule has 1 N–H and O–H groups in total. The topological polar surface area (TPSA) is 38.3 Å². The molecule has 1 aromatic carbocycles. The summed E-state index contributed by atoms with van der Waals surface area (Å²) in [6.45, 7) is 5.35. The van der Waals surface area contributed by atoms with E-state index in [-0.39, 0.29) is 16.6 Å². The molecule has 0 radical (unpaired) electrons. The molecule has 0 aromatic heterocycles. The highest BCUT2D eigenvalue weighted by molar-refractivity contribution is 6.36. The summed E-state index contributed by atoms with van der Waals surface area (Å²) in [6.07, 6.45) is -0.567. The van der Waals surface area contributed by atoms with Gasteiger partial charge in [-0.2, -0.15) is 0 Å². The van der Waals surface area contributed by atoms with Crippen LogP contribution in [0.3, 0.4) is 0 Å². The summed E-state index contributed by atoms with van der Waals surface area (Å²) in [5.74, 6) is 4.81. The molecule has 0 heterocycles. The fourth-order valence-electron chi connectivity index (χ4n) is 1.22. The molecule has 20 heavy (non-hydrogen) atoms. The lowest BCUT2D eigenvalue weighted by Gasteiger charge is -2.19. The molecule has 0 aliphatic carbocycles. The third-order valence-corrected chi connectivity index (χ3v) is 2.54. The Morgan fingerprint density at radius 1 is 1.35 bits per heavy atom. The number of rotatable bonds is 1. The van der Waals surface area contributed by atoms with Gasteiger partial charge < -0.3 is 10.1 Å². The zero-order chi connectivity index (χ0) is 15.3. The van der Waals surface area contributed by atoms with Gasteiger partial charge in [0.05, 0.1) is 22.2 Å². The highest BCUT2D eigenvalue weighted by atomic mass is 35.5. The third kappa shape index (κ3) is 5.68. The lowest BCUT2D eigenvalue weighted by Crippen LogP contribution is -2.32. The molecule has 108 valence electrons. The number of carbonyl (C=O) groups is 1. The quantitative estimate of drug-likeness (QED) is 0.795. The van der Waals surface area contributed by atoms with Gasteiger partial charge in [-0.05, 0) is 32.9 Å². The second kappa shape index (κ2) is 6.83. The van der Waals surface area contributed by atoms with E-state index in [1.165, 1.54) is 0 Å². The molecule has 0 aliphatic heterocycles. The highest BCUT2D eigenvalue weighted by Crippen LogP contribution is 2.24. The van der Waals surface area contributed by atoms with Crippen LogP contribution in [0, 0.1) is 17.7 Å². The number of amides is 1. The maximum absolute atomic E-state index is 13.0. The first-order valence-electron chi connectivity index (χ1n) is 5.79. The fraction of sp³-hybridized carbons (Fsp3) is 0.357. The fourth-order valence-corrected chi connectivity index (χ4v) is 1.78. The SMILES string of the molecule is CC(C)(C)OC(=O)NCC#Cc1c(Cl)cc(F)cc1Cl. The number of benzene rings is 1. The Labute approximate surface area is 127 Å². The van der Waals surface area contributed by atoms with Gasteiger partial charge in [0.2, 0.25) is 0 Å². The second-order valence-electron chi connectivity index (χ2n) is 4.90. The highest BCUT2D eigenvalue weighted by Gasteiger charge is 2.15. The minimum Gasteiger partial charge on any atom is -0.444 e. The van der Waals surface area contributed by atoms with E-state index in [4.69, 9.17) is 27.9 Å². The first-order valence-corrected chi connectivity index (χ1v) is 6.55. The van der Waals surface area contributed by atoms with Crippen molar-refractivity contribution in [2.45, 2.75) is 26.4 Å². The van der Waals surface area contributed by atoms with Gasteiger partial charge >= 0.3 is 6.09 Å². The second-order valence-corrected chi connectivity index (χ2v) is 5.72. The molecule has 1 rings (SSSR count). The van der Waals surface area contributed by atoms with Gasteiger partial charge in [0.1, 0.15) is 11.4 Å². The Bertz CT molecular complexity index is 548. The number of hydrogen-bond acceptors (Lipinski definition) is 2. The molecule has 0 atom stereocenters. The van der Waals surface area contributed by atoms with Crippen molar-refractivity contribution in [1.82, 2.24) is 5.32 Å². The molecule has 0 bridgehead atoms. The molecule has 0 saturated carbocycles. The van der Waals surface area contributed by atoms with Crippen molar-refractivity contribution in [2.24, 2.45) is 0 Å². The molecule has 6 heteroatoms. The summed E-state index contributed by atoms with van der Waals surface area (Å²) in [7, 11) is 0. The van der Waals surface area contributed by atoms with E-state index >= 15 is 0 Å². The number of carbonyl (C=O) groups excluding carboxylic acids is 1. The van der Waals surface area contributed by atoms with Gasteiger partial charge in [-0.15, -0.1) is 0 Å². The van der Waals surface area contributed by atoms with E-state index in [0.717, 1.165) is 12.1 Å². The summed E-state index contributed by atoms with van der Waals surface area (Å²) >= 11 is 11.6. The lowest BCUT2D eigenvalue weighted by molar-refractivity contribution is 0.0535. The predicted molar refractivity (Wildman–Crippen MR) is 77.5 cm³/mol. The van der Waals surface area contributed by atoms with E-state index in [2.05, 4.69) is 17.2 Å². The van der Waals surface area contributed by atoms with E-state index in [1.807, 2.05) is 0 Å². The molecule has 3 nitrogen and oxygen atoms in total. The molecule has 0 saturated heterocycles. The molecule has 0 unspecified atom stereocenters. The van der Waals surface area contributed by atoms with Crippen LogP contribution in [-0.2, 0) is 4.74 Å². The van der Waals surface area contributed by atoms with Crippen LogP contribution in [-0.4, -0.2) is 18.2 Å². The van der Waals surface area contributed by atoms with Gasteiger partial charge in [0.25, 0.3) is 0 Å². The lowest BCUT2D eigenvalue weighted by atomic mass is 10.2. The molecular formula is C14H14Cl2FNO2. The van der Waals surface area contributed by atoms with E-state index < -0.39 is 17.5 Å². The summed E-state index contributed by atoms with van der Waals surface area (Å²) in [4.78, 5) is 11.3. The van der Waals surface area contributed by atoms with Crippen LogP contribution in [0.5, 0.6) is 0 Å². The summed E-state index contributed by atoms with van der Waals surface area (Å²) in [6, 6.07) is 2.25. The van der Waals surface area contributed by atoms with Crippen LogP contribution in [0.15, 0.2) is 12.1 Å². The number of alkyl carbamates (subject to hydrolysis) is 1. The van der Waals surface area contributed by atoms with Crippen molar-refractivity contribution in [3.63, 3.8) is 0 Å². The zero-order valence-corrected chi connectivity index (χ0v) is 12.8. The van der Waals surface area contributed by atoms with E-state index in [0.29, 0.717) is 5.56 Å². The van der Waals surface area contributed by atoms with Crippen LogP contribution in [0.4, 0.5) is 9.18 Å². The number of nitrogens with one attached hydrogen (secondary N) is 1. The van der Waals surface area contributed by atoms with Crippen molar-refractivity contribution in [3.8, 4) is 11.8 Å². The average Bonchev–Trinajstić information content (AvgIpc) is 2.23.